The summed E-state index contributed by atoms with van der Waals surface area (Å²) < 4.78 is 26.5. The van der Waals surface area contributed by atoms with Gasteiger partial charge in [-0.3, -0.25) is 0 Å². The van der Waals surface area contributed by atoms with Crippen molar-refractivity contribution in [2.75, 3.05) is 6.54 Å². The molecule has 0 amide bonds. The van der Waals surface area contributed by atoms with E-state index in [1.807, 2.05) is 0 Å². The van der Waals surface area contributed by atoms with Crippen LogP contribution in [0.2, 0.25) is 0 Å². The molecule has 1 atom stereocenters. The number of nitrogens with one attached hydrogen (secondary N) is 1. The molecule has 0 aromatic heterocycles. The van der Waals surface area contributed by atoms with Gasteiger partial charge in [-0.2, -0.15) is 0 Å². The SMILES string of the molecule is CC(C)C(C)NCCc1c(F)cccc1F. The summed E-state index contributed by atoms with van der Waals surface area (Å²) in [6.07, 6.45) is 0.384. The standard InChI is InChI=1S/C13H19F2N/c1-9(2)10(3)16-8-7-11-12(14)5-4-6-13(11)15/h4-6,9-10,16H,7-8H2,1-3H3. The number of halogens is 2. The predicted octanol–water partition coefficient (Wildman–Crippen LogP) is 3.14. The molecule has 0 fully saturated rings. The zero-order chi connectivity index (χ0) is 12.1. The molecule has 1 unspecified atom stereocenters. The molecule has 1 nitrogen and oxygen atoms in total. The van der Waals surface area contributed by atoms with Crippen molar-refractivity contribution in [3.05, 3.63) is 35.4 Å². The first kappa shape index (κ1) is 13.1. The Kier molecular flexibility index (Phi) is 4.87. The van der Waals surface area contributed by atoms with E-state index in [1.54, 1.807) is 0 Å². The highest BCUT2D eigenvalue weighted by atomic mass is 19.1. The molecule has 16 heavy (non-hydrogen) atoms. The van der Waals surface area contributed by atoms with Crippen LogP contribution in [0.15, 0.2) is 18.2 Å². The van der Waals surface area contributed by atoms with Crippen LogP contribution < -0.4 is 5.32 Å². The molecule has 0 aliphatic heterocycles. The highest BCUT2D eigenvalue weighted by Gasteiger charge is 2.09. The van der Waals surface area contributed by atoms with E-state index in [2.05, 4.69) is 26.1 Å². The molecule has 0 saturated heterocycles. The lowest BCUT2D eigenvalue weighted by molar-refractivity contribution is 0.426. The Hall–Kier alpha value is -0.960. The van der Waals surface area contributed by atoms with Gasteiger partial charge in [0.15, 0.2) is 0 Å². The van der Waals surface area contributed by atoms with Crippen LogP contribution in [0.1, 0.15) is 26.3 Å². The van der Waals surface area contributed by atoms with Crippen LogP contribution in [0.25, 0.3) is 0 Å². The van der Waals surface area contributed by atoms with Crippen LogP contribution in [-0.4, -0.2) is 12.6 Å². The lowest BCUT2D eigenvalue weighted by Gasteiger charge is -2.17. The van der Waals surface area contributed by atoms with E-state index in [0.29, 0.717) is 24.9 Å². The lowest BCUT2D eigenvalue weighted by atomic mass is 10.1. The van der Waals surface area contributed by atoms with Crippen molar-refractivity contribution in [3.63, 3.8) is 0 Å². The Labute approximate surface area is 95.9 Å². The molecule has 0 spiro atoms. The summed E-state index contributed by atoms with van der Waals surface area (Å²) in [6, 6.07) is 4.34. The topological polar surface area (TPSA) is 12.0 Å². The fraction of sp³-hybridized carbons (Fsp3) is 0.538. The van der Waals surface area contributed by atoms with E-state index >= 15 is 0 Å². The van der Waals surface area contributed by atoms with Gasteiger partial charge in [0.05, 0.1) is 0 Å². The summed E-state index contributed by atoms with van der Waals surface area (Å²) >= 11 is 0. The fourth-order valence-corrected chi connectivity index (χ4v) is 1.43. The smallest absolute Gasteiger partial charge is 0.129 e. The van der Waals surface area contributed by atoms with Gasteiger partial charge in [0.1, 0.15) is 11.6 Å². The van der Waals surface area contributed by atoms with E-state index in [0.717, 1.165) is 0 Å². The number of benzene rings is 1. The van der Waals surface area contributed by atoms with Gasteiger partial charge in [-0.05, 0) is 37.9 Å². The third-order valence-electron chi connectivity index (χ3n) is 2.90. The third kappa shape index (κ3) is 3.56. The van der Waals surface area contributed by atoms with Crippen molar-refractivity contribution < 1.29 is 8.78 Å². The van der Waals surface area contributed by atoms with Crippen LogP contribution >= 0.6 is 0 Å². The number of hydrogen-bond acceptors (Lipinski definition) is 1. The lowest BCUT2D eigenvalue weighted by Crippen LogP contribution is -2.32. The van der Waals surface area contributed by atoms with Gasteiger partial charge < -0.3 is 5.32 Å². The van der Waals surface area contributed by atoms with E-state index in [-0.39, 0.29) is 5.56 Å². The monoisotopic (exact) mass is 227 g/mol. The van der Waals surface area contributed by atoms with Crippen LogP contribution in [-0.2, 0) is 6.42 Å². The Morgan fingerprint density at radius 3 is 2.19 bits per heavy atom. The van der Waals surface area contributed by atoms with Gasteiger partial charge in [0.2, 0.25) is 0 Å². The second kappa shape index (κ2) is 5.94. The molecule has 1 N–H and O–H groups in total. The van der Waals surface area contributed by atoms with Crippen LogP contribution in [0.4, 0.5) is 8.78 Å². The first-order chi connectivity index (χ1) is 7.52. The molecule has 1 rings (SSSR count). The van der Waals surface area contributed by atoms with Crippen molar-refractivity contribution in [1.29, 1.82) is 0 Å². The highest BCUT2D eigenvalue weighted by Crippen LogP contribution is 2.12. The van der Waals surface area contributed by atoms with Crippen LogP contribution in [0.3, 0.4) is 0 Å². The van der Waals surface area contributed by atoms with Crippen molar-refractivity contribution in [3.8, 4) is 0 Å². The Bertz CT molecular complexity index is 316. The maximum absolute atomic E-state index is 13.3. The van der Waals surface area contributed by atoms with Gasteiger partial charge in [-0.1, -0.05) is 19.9 Å². The molecule has 0 heterocycles. The van der Waals surface area contributed by atoms with Gasteiger partial charge in [0.25, 0.3) is 0 Å². The Morgan fingerprint density at radius 1 is 1.12 bits per heavy atom. The zero-order valence-electron chi connectivity index (χ0n) is 10.1. The van der Waals surface area contributed by atoms with Crippen molar-refractivity contribution in [2.45, 2.75) is 33.2 Å². The van der Waals surface area contributed by atoms with Crippen LogP contribution in [0.5, 0.6) is 0 Å². The van der Waals surface area contributed by atoms with Gasteiger partial charge in [-0.15, -0.1) is 0 Å². The maximum atomic E-state index is 13.3. The molecule has 0 radical (unpaired) electrons. The van der Waals surface area contributed by atoms with Gasteiger partial charge in [-0.25, -0.2) is 8.78 Å². The van der Waals surface area contributed by atoms with Crippen LogP contribution in [0, 0.1) is 17.6 Å². The van der Waals surface area contributed by atoms with Crippen molar-refractivity contribution >= 4 is 0 Å². The molecule has 0 saturated carbocycles. The minimum absolute atomic E-state index is 0.172. The third-order valence-corrected chi connectivity index (χ3v) is 2.90. The average Bonchev–Trinajstić information content (AvgIpc) is 2.22. The quantitative estimate of drug-likeness (QED) is 0.814. The normalized spacial score (nSPS) is 13.1. The predicted molar refractivity (Wildman–Crippen MR) is 62.4 cm³/mol. The highest BCUT2D eigenvalue weighted by molar-refractivity contribution is 5.19. The second-order valence-electron chi connectivity index (χ2n) is 4.44. The molecule has 0 aliphatic carbocycles. The summed E-state index contributed by atoms with van der Waals surface area (Å²) in [5, 5.41) is 3.25. The van der Waals surface area contributed by atoms with Gasteiger partial charge >= 0.3 is 0 Å². The molecular weight excluding hydrogens is 208 g/mol. The summed E-state index contributed by atoms with van der Waals surface area (Å²) in [4.78, 5) is 0. The molecule has 1 aromatic carbocycles. The first-order valence-corrected chi connectivity index (χ1v) is 5.68. The zero-order valence-corrected chi connectivity index (χ0v) is 10.1. The van der Waals surface area contributed by atoms with Gasteiger partial charge in [0, 0.05) is 11.6 Å². The minimum atomic E-state index is -0.459. The average molecular weight is 227 g/mol. The van der Waals surface area contributed by atoms with Crippen molar-refractivity contribution in [1.82, 2.24) is 5.32 Å². The fourth-order valence-electron chi connectivity index (χ4n) is 1.43. The number of hydrogen-bond donors (Lipinski definition) is 1. The summed E-state index contributed by atoms with van der Waals surface area (Å²) in [5.74, 6) is -0.400. The summed E-state index contributed by atoms with van der Waals surface area (Å²) in [5.41, 5.74) is 0.172. The van der Waals surface area contributed by atoms with Crippen molar-refractivity contribution in [2.24, 2.45) is 5.92 Å². The number of rotatable bonds is 5. The molecule has 3 heteroatoms. The van der Waals surface area contributed by atoms with E-state index in [1.165, 1.54) is 18.2 Å². The molecule has 1 aromatic rings. The first-order valence-electron chi connectivity index (χ1n) is 5.68. The summed E-state index contributed by atoms with van der Waals surface area (Å²) in [7, 11) is 0. The second-order valence-corrected chi connectivity index (χ2v) is 4.44. The molecular formula is C13H19F2N. The Morgan fingerprint density at radius 2 is 1.69 bits per heavy atom. The molecule has 90 valence electrons. The largest absolute Gasteiger partial charge is 0.314 e. The molecule has 0 bridgehead atoms. The maximum Gasteiger partial charge on any atom is 0.129 e. The van der Waals surface area contributed by atoms with E-state index in [9.17, 15) is 8.78 Å². The minimum Gasteiger partial charge on any atom is -0.314 e. The molecule has 0 aliphatic rings. The Balaban J connectivity index is 2.49. The van der Waals surface area contributed by atoms with E-state index < -0.39 is 11.6 Å². The van der Waals surface area contributed by atoms with E-state index in [4.69, 9.17) is 0 Å². The summed E-state index contributed by atoms with van der Waals surface area (Å²) in [6.45, 7) is 6.89.